The van der Waals surface area contributed by atoms with Gasteiger partial charge in [-0.3, -0.25) is 4.68 Å². The predicted molar refractivity (Wildman–Crippen MR) is 117 cm³/mol. The van der Waals surface area contributed by atoms with E-state index in [4.69, 9.17) is 5.10 Å². The summed E-state index contributed by atoms with van der Waals surface area (Å²) >= 11 is 0. The number of aliphatic hydroxyl groups excluding tert-OH is 1. The Bertz CT molecular complexity index is 1300. The van der Waals surface area contributed by atoms with Gasteiger partial charge in [-0.25, -0.2) is 0 Å². The molecule has 0 saturated carbocycles. The van der Waals surface area contributed by atoms with E-state index in [0.717, 1.165) is 16.8 Å². The molecule has 0 atom stereocenters. The van der Waals surface area contributed by atoms with E-state index in [1.807, 2.05) is 53.2 Å². The summed E-state index contributed by atoms with van der Waals surface area (Å²) in [7, 11) is 0. The Morgan fingerprint density at radius 1 is 0.839 bits per heavy atom. The fraction of sp³-hybridized carbons (Fsp3) is 0.130. The van der Waals surface area contributed by atoms with Crippen LogP contribution in [0.2, 0.25) is 0 Å². The van der Waals surface area contributed by atoms with Gasteiger partial charge in [-0.05, 0) is 17.7 Å². The Labute approximate surface area is 178 Å². The maximum atomic E-state index is 9.41. The molecular weight excluding hydrogens is 390 g/mol. The third-order valence-corrected chi connectivity index (χ3v) is 5.00. The van der Waals surface area contributed by atoms with Crippen molar-refractivity contribution in [3.8, 4) is 11.3 Å². The van der Waals surface area contributed by atoms with Crippen molar-refractivity contribution in [1.29, 1.82) is 0 Å². The Balaban J connectivity index is 1.43. The number of fused-ring (bicyclic) bond motifs is 1. The highest BCUT2D eigenvalue weighted by molar-refractivity contribution is 5.63. The first-order valence-electron chi connectivity index (χ1n) is 10.0. The van der Waals surface area contributed by atoms with Crippen molar-refractivity contribution in [2.24, 2.45) is 0 Å². The van der Waals surface area contributed by atoms with Gasteiger partial charge >= 0.3 is 0 Å². The Kier molecular flexibility index (Phi) is 5.12. The quantitative estimate of drug-likeness (QED) is 0.427. The molecule has 154 valence electrons. The van der Waals surface area contributed by atoms with E-state index in [-0.39, 0.29) is 6.61 Å². The fourth-order valence-corrected chi connectivity index (χ4v) is 3.49. The zero-order valence-electron chi connectivity index (χ0n) is 16.8. The summed E-state index contributed by atoms with van der Waals surface area (Å²) in [5.41, 5.74) is 4.85. The van der Waals surface area contributed by atoms with Crippen LogP contribution in [0, 0.1) is 0 Å². The third kappa shape index (κ3) is 4.01. The van der Waals surface area contributed by atoms with E-state index < -0.39 is 0 Å². The van der Waals surface area contributed by atoms with Crippen molar-refractivity contribution in [2.75, 3.05) is 5.32 Å². The van der Waals surface area contributed by atoms with Crippen LogP contribution in [0.25, 0.3) is 16.9 Å². The number of benzene rings is 2. The molecule has 0 unspecified atom stereocenters. The number of nitrogens with zero attached hydrogens (tertiary/aromatic N) is 6. The van der Waals surface area contributed by atoms with Crippen molar-refractivity contribution >= 4 is 11.5 Å². The third-order valence-electron chi connectivity index (χ3n) is 5.00. The SMILES string of the molecule is OCc1nnc2ccc(NCc3cn(Cc4ccccc4)nc3-c3ccccc3)nn12. The van der Waals surface area contributed by atoms with Gasteiger partial charge in [0.15, 0.2) is 11.5 Å². The molecule has 8 nitrogen and oxygen atoms in total. The van der Waals surface area contributed by atoms with Crippen LogP contribution in [-0.4, -0.2) is 34.7 Å². The second kappa shape index (κ2) is 8.37. The van der Waals surface area contributed by atoms with Gasteiger partial charge in [0.1, 0.15) is 12.4 Å². The second-order valence-corrected chi connectivity index (χ2v) is 7.17. The molecule has 8 heteroatoms. The molecule has 5 aromatic rings. The number of aromatic nitrogens is 6. The van der Waals surface area contributed by atoms with Crippen molar-refractivity contribution < 1.29 is 5.11 Å². The van der Waals surface area contributed by atoms with Gasteiger partial charge in [-0.1, -0.05) is 60.7 Å². The molecule has 5 rings (SSSR count). The van der Waals surface area contributed by atoms with Gasteiger partial charge in [-0.15, -0.1) is 15.3 Å². The van der Waals surface area contributed by atoms with E-state index in [2.05, 4.69) is 51.1 Å². The van der Waals surface area contributed by atoms with Crippen LogP contribution in [0.4, 0.5) is 5.82 Å². The first-order valence-corrected chi connectivity index (χ1v) is 10.0. The first kappa shape index (κ1) is 19.0. The second-order valence-electron chi connectivity index (χ2n) is 7.17. The molecule has 0 fully saturated rings. The fourth-order valence-electron chi connectivity index (χ4n) is 3.49. The Morgan fingerprint density at radius 3 is 2.39 bits per heavy atom. The molecular formula is C23H21N7O. The van der Waals surface area contributed by atoms with Crippen LogP contribution in [0.5, 0.6) is 0 Å². The molecule has 0 saturated heterocycles. The highest BCUT2D eigenvalue weighted by atomic mass is 16.3. The lowest BCUT2D eigenvalue weighted by Crippen LogP contribution is -2.06. The molecule has 0 bridgehead atoms. The van der Waals surface area contributed by atoms with Gasteiger partial charge in [0.2, 0.25) is 0 Å². The molecule has 0 aliphatic carbocycles. The molecule has 2 N–H and O–H groups in total. The van der Waals surface area contributed by atoms with Crippen molar-refractivity contribution in [1.82, 2.24) is 29.6 Å². The lowest BCUT2D eigenvalue weighted by atomic mass is 10.1. The van der Waals surface area contributed by atoms with Gasteiger partial charge in [-0.2, -0.15) is 9.61 Å². The van der Waals surface area contributed by atoms with Crippen LogP contribution in [-0.2, 0) is 19.7 Å². The van der Waals surface area contributed by atoms with E-state index in [1.165, 1.54) is 5.56 Å². The summed E-state index contributed by atoms with van der Waals surface area (Å²) in [5.74, 6) is 1.07. The average Bonchev–Trinajstić information content (AvgIpc) is 3.42. The molecule has 3 aromatic heterocycles. The topological polar surface area (TPSA) is 93.2 Å². The number of aliphatic hydroxyl groups is 1. The Morgan fingerprint density at radius 2 is 1.61 bits per heavy atom. The molecule has 0 radical (unpaired) electrons. The maximum Gasteiger partial charge on any atom is 0.180 e. The van der Waals surface area contributed by atoms with Gasteiger partial charge in [0.25, 0.3) is 0 Å². The normalized spacial score (nSPS) is 11.1. The summed E-state index contributed by atoms with van der Waals surface area (Å²) in [6.07, 6.45) is 2.07. The summed E-state index contributed by atoms with van der Waals surface area (Å²) in [4.78, 5) is 0. The largest absolute Gasteiger partial charge is 0.388 e. The maximum absolute atomic E-state index is 9.41. The lowest BCUT2D eigenvalue weighted by Gasteiger charge is -2.06. The summed E-state index contributed by atoms with van der Waals surface area (Å²) in [6.45, 7) is 1.03. The van der Waals surface area contributed by atoms with E-state index >= 15 is 0 Å². The minimum atomic E-state index is -0.220. The van der Waals surface area contributed by atoms with Crippen molar-refractivity contribution in [2.45, 2.75) is 19.7 Å². The number of hydrogen-bond donors (Lipinski definition) is 2. The minimum Gasteiger partial charge on any atom is -0.388 e. The van der Waals surface area contributed by atoms with Crippen LogP contribution >= 0.6 is 0 Å². The molecule has 2 aromatic carbocycles. The number of anilines is 1. The van der Waals surface area contributed by atoms with Crippen molar-refractivity contribution in [3.05, 3.63) is 95.9 Å². The Hall–Kier alpha value is -4.04. The van der Waals surface area contributed by atoms with E-state index in [0.29, 0.717) is 30.4 Å². The van der Waals surface area contributed by atoms with Gasteiger partial charge < -0.3 is 10.4 Å². The van der Waals surface area contributed by atoms with Crippen LogP contribution < -0.4 is 5.32 Å². The van der Waals surface area contributed by atoms with Gasteiger partial charge in [0, 0.05) is 23.9 Å². The van der Waals surface area contributed by atoms with Crippen LogP contribution in [0.15, 0.2) is 79.0 Å². The predicted octanol–water partition coefficient (Wildman–Crippen LogP) is 3.14. The van der Waals surface area contributed by atoms with Crippen molar-refractivity contribution in [3.63, 3.8) is 0 Å². The lowest BCUT2D eigenvalue weighted by molar-refractivity contribution is 0.268. The highest BCUT2D eigenvalue weighted by Gasteiger charge is 2.13. The first-order chi connectivity index (χ1) is 15.3. The molecule has 0 spiro atoms. The van der Waals surface area contributed by atoms with Crippen LogP contribution in [0.1, 0.15) is 17.0 Å². The minimum absolute atomic E-state index is 0.220. The summed E-state index contributed by atoms with van der Waals surface area (Å²) in [6, 6.07) is 24.1. The zero-order chi connectivity index (χ0) is 21.0. The monoisotopic (exact) mass is 411 g/mol. The number of nitrogens with one attached hydrogen (secondary N) is 1. The summed E-state index contributed by atoms with van der Waals surface area (Å²) in [5, 5.41) is 30.0. The highest BCUT2D eigenvalue weighted by Crippen LogP contribution is 2.23. The number of rotatable bonds is 7. The summed E-state index contributed by atoms with van der Waals surface area (Å²) < 4.78 is 3.51. The number of hydrogen-bond acceptors (Lipinski definition) is 6. The average molecular weight is 411 g/mol. The van der Waals surface area contributed by atoms with E-state index in [1.54, 1.807) is 4.52 Å². The van der Waals surface area contributed by atoms with Gasteiger partial charge in [0.05, 0.1) is 12.2 Å². The van der Waals surface area contributed by atoms with Crippen LogP contribution in [0.3, 0.4) is 0 Å². The smallest absolute Gasteiger partial charge is 0.180 e. The molecule has 0 aliphatic heterocycles. The van der Waals surface area contributed by atoms with E-state index in [9.17, 15) is 5.11 Å². The standard InChI is InChI=1S/C23H21N7O/c31-16-22-26-25-21-12-11-20(27-30(21)22)24-13-19-15-29(14-17-7-3-1-4-8-17)28-23(19)18-9-5-2-6-10-18/h1-12,15,31H,13-14,16H2,(H,24,27). The zero-order valence-corrected chi connectivity index (χ0v) is 16.8. The molecule has 31 heavy (non-hydrogen) atoms. The molecule has 0 amide bonds. The molecule has 3 heterocycles. The molecule has 0 aliphatic rings.